The van der Waals surface area contributed by atoms with Crippen molar-refractivity contribution in [3.8, 4) is 11.5 Å². The zero-order valence-electron chi connectivity index (χ0n) is 18.1. The molecule has 1 saturated heterocycles. The molecule has 3 aromatic rings. The summed E-state index contributed by atoms with van der Waals surface area (Å²) in [4.78, 5) is 22.0. The van der Waals surface area contributed by atoms with E-state index < -0.39 is 0 Å². The summed E-state index contributed by atoms with van der Waals surface area (Å²) in [6.07, 6.45) is 4.35. The number of carbonyl (C=O) groups is 1. The SMILES string of the molecule is CCOc1ccccc1CCN=C1NC(=O)C(=Cc2ccc3nccc(OCC)c3c2)S1. The highest BCUT2D eigenvalue weighted by atomic mass is 32.2. The number of amidine groups is 1. The molecule has 1 fully saturated rings. The van der Waals surface area contributed by atoms with Crippen LogP contribution in [-0.2, 0) is 11.2 Å². The molecule has 0 spiro atoms. The summed E-state index contributed by atoms with van der Waals surface area (Å²) in [5.74, 6) is 1.53. The maximum absolute atomic E-state index is 12.5. The highest BCUT2D eigenvalue weighted by Crippen LogP contribution is 2.29. The molecule has 1 N–H and O–H groups in total. The first-order valence-electron chi connectivity index (χ1n) is 10.7. The van der Waals surface area contributed by atoms with Crippen molar-refractivity contribution < 1.29 is 14.3 Å². The summed E-state index contributed by atoms with van der Waals surface area (Å²) in [7, 11) is 0. The van der Waals surface area contributed by atoms with Crippen molar-refractivity contribution in [3.05, 3.63) is 70.8 Å². The van der Waals surface area contributed by atoms with Crippen LogP contribution in [0.2, 0.25) is 0 Å². The monoisotopic (exact) mass is 447 g/mol. The Morgan fingerprint density at radius 2 is 1.88 bits per heavy atom. The van der Waals surface area contributed by atoms with Gasteiger partial charge in [-0.3, -0.25) is 14.8 Å². The largest absolute Gasteiger partial charge is 0.494 e. The standard InChI is InChI=1S/C25H25N3O3S/c1-3-30-21-8-6-5-7-18(21)11-13-27-25-28-24(29)23(32-25)16-17-9-10-20-19(15-17)22(31-4-2)12-14-26-20/h5-10,12,14-16H,3-4,11,13H2,1-2H3,(H,27,28,29). The number of amides is 1. The zero-order valence-corrected chi connectivity index (χ0v) is 18.9. The van der Waals surface area contributed by atoms with Crippen LogP contribution in [0.15, 0.2) is 64.6 Å². The van der Waals surface area contributed by atoms with Gasteiger partial charge in [0.25, 0.3) is 5.91 Å². The quantitative estimate of drug-likeness (QED) is 0.501. The van der Waals surface area contributed by atoms with Crippen molar-refractivity contribution in [2.75, 3.05) is 19.8 Å². The third kappa shape index (κ3) is 5.11. The third-order valence-electron chi connectivity index (χ3n) is 4.88. The van der Waals surface area contributed by atoms with Crippen molar-refractivity contribution in [1.82, 2.24) is 10.3 Å². The molecule has 0 bridgehead atoms. The van der Waals surface area contributed by atoms with Crippen LogP contribution in [0.4, 0.5) is 0 Å². The normalized spacial score (nSPS) is 16.0. The molecule has 7 heteroatoms. The lowest BCUT2D eigenvalue weighted by atomic mass is 10.1. The number of carbonyl (C=O) groups excluding carboxylic acids is 1. The number of hydrogen-bond donors (Lipinski definition) is 1. The average molecular weight is 448 g/mol. The predicted octanol–water partition coefficient (Wildman–Crippen LogP) is 4.83. The van der Waals surface area contributed by atoms with E-state index in [9.17, 15) is 4.79 Å². The van der Waals surface area contributed by atoms with Crippen molar-refractivity contribution in [1.29, 1.82) is 0 Å². The number of benzene rings is 2. The second kappa shape index (κ2) is 10.3. The second-order valence-corrected chi connectivity index (χ2v) is 8.09. The van der Waals surface area contributed by atoms with Gasteiger partial charge in [-0.1, -0.05) is 24.3 Å². The Bertz CT molecular complexity index is 1190. The number of nitrogens with one attached hydrogen (secondary N) is 1. The molecule has 0 unspecified atom stereocenters. The van der Waals surface area contributed by atoms with Crippen LogP contribution >= 0.6 is 11.8 Å². The van der Waals surface area contributed by atoms with Crippen LogP contribution in [0, 0.1) is 0 Å². The Hall–Kier alpha value is -3.32. The lowest BCUT2D eigenvalue weighted by Gasteiger charge is -2.08. The molecule has 0 saturated carbocycles. The molecule has 1 amide bonds. The Morgan fingerprint density at radius 3 is 2.72 bits per heavy atom. The van der Waals surface area contributed by atoms with Crippen LogP contribution in [-0.4, -0.2) is 35.8 Å². The molecule has 0 aliphatic carbocycles. The van der Waals surface area contributed by atoms with E-state index in [0.717, 1.165) is 39.9 Å². The van der Waals surface area contributed by atoms with Crippen LogP contribution in [0.25, 0.3) is 17.0 Å². The summed E-state index contributed by atoms with van der Waals surface area (Å²) < 4.78 is 11.4. The van der Waals surface area contributed by atoms with Crippen molar-refractivity contribution in [3.63, 3.8) is 0 Å². The first kappa shape index (κ1) is 21.9. The lowest BCUT2D eigenvalue weighted by Crippen LogP contribution is -2.20. The van der Waals surface area contributed by atoms with Gasteiger partial charge in [0.1, 0.15) is 11.5 Å². The van der Waals surface area contributed by atoms with Crippen LogP contribution in [0.5, 0.6) is 11.5 Å². The van der Waals surface area contributed by atoms with Crippen LogP contribution in [0.3, 0.4) is 0 Å². The van der Waals surface area contributed by atoms with E-state index in [1.165, 1.54) is 11.8 Å². The number of aliphatic imine (C=N–C) groups is 1. The predicted molar refractivity (Wildman–Crippen MR) is 130 cm³/mol. The average Bonchev–Trinajstić information content (AvgIpc) is 3.14. The topological polar surface area (TPSA) is 72.8 Å². The zero-order chi connectivity index (χ0) is 22.3. The Kier molecular flexibility index (Phi) is 7.07. The second-order valence-electron chi connectivity index (χ2n) is 7.06. The van der Waals surface area contributed by atoms with E-state index in [4.69, 9.17) is 9.47 Å². The molecule has 2 heterocycles. The van der Waals surface area contributed by atoms with Gasteiger partial charge in [-0.15, -0.1) is 0 Å². The Labute approximate surface area is 191 Å². The molecule has 4 rings (SSSR count). The summed E-state index contributed by atoms with van der Waals surface area (Å²) >= 11 is 1.36. The van der Waals surface area contributed by atoms with Crippen molar-refractivity contribution >= 4 is 39.8 Å². The van der Waals surface area contributed by atoms with Gasteiger partial charge < -0.3 is 14.8 Å². The van der Waals surface area contributed by atoms with Gasteiger partial charge >= 0.3 is 0 Å². The summed E-state index contributed by atoms with van der Waals surface area (Å²) in [6, 6.07) is 15.7. The maximum Gasteiger partial charge on any atom is 0.264 e. The lowest BCUT2D eigenvalue weighted by molar-refractivity contribution is -0.115. The number of thioether (sulfide) groups is 1. The van der Waals surface area contributed by atoms with E-state index >= 15 is 0 Å². The molecule has 32 heavy (non-hydrogen) atoms. The number of para-hydroxylation sites is 1. The summed E-state index contributed by atoms with van der Waals surface area (Å²) in [6.45, 7) is 5.70. The number of hydrogen-bond acceptors (Lipinski definition) is 6. The highest BCUT2D eigenvalue weighted by molar-refractivity contribution is 8.18. The fraction of sp³-hybridized carbons (Fsp3) is 0.240. The summed E-state index contributed by atoms with van der Waals surface area (Å²) in [5, 5.41) is 4.40. The van der Waals surface area contributed by atoms with Gasteiger partial charge in [-0.2, -0.15) is 0 Å². The molecular formula is C25H25N3O3S. The molecular weight excluding hydrogens is 422 g/mol. The van der Waals surface area contributed by atoms with Crippen molar-refractivity contribution in [2.45, 2.75) is 20.3 Å². The number of ether oxygens (including phenoxy) is 2. The fourth-order valence-corrected chi connectivity index (χ4v) is 4.29. The number of rotatable bonds is 8. The van der Waals surface area contributed by atoms with Gasteiger partial charge in [0.2, 0.25) is 0 Å². The molecule has 164 valence electrons. The minimum absolute atomic E-state index is 0.139. The first-order chi connectivity index (χ1) is 15.7. The summed E-state index contributed by atoms with van der Waals surface area (Å²) in [5.41, 5.74) is 2.88. The number of pyridine rings is 1. The van der Waals surface area contributed by atoms with Gasteiger partial charge in [0, 0.05) is 18.1 Å². The molecule has 1 aliphatic heterocycles. The molecule has 2 aromatic carbocycles. The molecule has 1 aliphatic rings. The smallest absolute Gasteiger partial charge is 0.264 e. The van der Waals surface area contributed by atoms with E-state index in [2.05, 4.69) is 15.3 Å². The van der Waals surface area contributed by atoms with Gasteiger partial charge in [0.05, 0.1) is 23.6 Å². The minimum Gasteiger partial charge on any atom is -0.494 e. The number of aromatic nitrogens is 1. The first-order valence-corrected chi connectivity index (χ1v) is 11.5. The Balaban J connectivity index is 1.47. The van der Waals surface area contributed by atoms with E-state index in [1.54, 1.807) is 6.20 Å². The van der Waals surface area contributed by atoms with Crippen LogP contribution in [0.1, 0.15) is 25.0 Å². The molecule has 1 aromatic heterocycles. The Morgan fingerprint density at radius 1 is 1.06 bits per heavy atom. The fourth-order valence-electron chi connectivity index (χ4n) is 3.45. The van der Waals surface area contributed by atoms with Crippen LogP contribution < -0.4 is 14.8 Å². The van der Waals surface area contributed by atoms with E-state index in [0.29, 0.717) is 29.8 Å². The van der Waals surface area contributed by atoms with E-state index in [1.807, 2.05) is 68.5 Å². The number of nitrogens with zero attached hydrogens (tertiary/aromatic N) is 2. The number of fused-ring (bicyclic) bond motifs is 1. The van der Waals surface area contributed by atoms with Gasteiger partial charge in [0.15, 0.2) is 5.17 Å². The minimum atomic E-state index is -0.139. The van der Waals surface area contributed by atoms with E-state index in [-0.39, 0.29) is 5.91 Å². The van der Waals surface area contributed by atoms with Crippen molar-refractivity contribution in [2.24, 2.45) is 4.99 Å². The highest BCUT2D eigenvalue weighted by Gasteiger charge is 2.23. The molecule has 0 atom stereocenters. The van der Waals surface area contributed by atoms with Gasteiger partial charge in [-0.25, -0.2) is 0 Å². The molecule has 6 nitrogen and oxygen atoms in total. The maximum atomic E-state index is 12.5. The molecule has 0 radical (unpaired) electrons. The van der Waals surface area contributed by atoms with Gasteiger partial charge in [-0.05, 0) is 73.5 Å². The third-order valence-corrected chi connectivity index (χ3v) is 5.83.